The number of carboxylic acid groups (broad SMARTS) is 1. The van der Waals surface area contributed by atoms with Crippen molar-refractivity contribution in [1.29, 1.82) is 0 Å². The normalized spacial score (nSPS) is 10.5. The average Bonchev–Trinajstić information content (AvgIpc) is 3.13. The summed E-state index contributed by atoms with van der Waals surface area (Å²) in [6.45, 7) is 0.444. The summed E-state index contributed by atoms with van der Waals surface area (Å²) in [4.78, 5) is 18.1. The van der Waals surface area contributed by atoms with Crippen LogP contribution in [0.4, 0.5) is 15.8 Å². The quantitative estimate of drug-likeness (QED) is 0.711. The number of benzene rings is 2. The molecule has 1 aromatic heterocycles. The van der Waals surface area contributed by atoms with Crippen molar-refractivity contribution in [2.45, 2.75) is 6.54 Å². The van der Waals surface area contributed by atoms with Crippen molar-refractivity contribution >= 4 is 28.7 Å². The van der Waals surface area contributed by atoms with Crippen LogP contribution in [0.15, 0.2) is 54.2 Å². The Labute approximate surface area is 147 Å². The Hall–Kier alpha value is -2.93. The van der Waals surface area contributed by atoms with Gasteiger partial charge in [-0.25, -0.2) is 9.18 Å². The van der Waals surface area contributed by atoms with Gasteiger partial charge in [0.2, 0.25) is 0 Å². The molecule has 7 heteroatoms. The van der Waals surface area contributed by atoms with Crippen molar-refractivity contribution in [1.82, 2.24) is 4.98 Å². The first-order chi connectivity index (χ1) is 12.1. The number of rotatable bonds is 6. The third kappa shape index (κ3) is 3.77. The molecule has 1 heterocycles. The fourth-order valence-electron chi connectivity index (χ4n) is 2.44. The molecule has 0 radical (unpaired) electrons. The first-order valence-corrected chi connectivity index (χ1v) is 8.28. The molecule has 0 saturated heterocycles. The molecule has 0 fully saturated rings. The number of aromatic carboxylic acids is 1. The van der Waals surface area contributed by atoms with Gasteiger partial charge >= 0.3 is 5.97 Å². The summed E-state index contributed by atoms with van der Waals surface area (Å²) in [7, 11) is 1.41. The minimum Gasteiger partial charge on any atom is -0.494 e. The molecule has 128 valence electrons. The van der Waals surface area contributed by atoms with Gasteiger partial charge in [-0.15, -0.1) is 11.3 Å². The van der Waals surface area contributed by atoms with Gasteiger partial charge in [-0.2, -0.15) is 0 Å². The van der Waals surface area contributed by atoms with Crippen LogP contribution >= 0.6 is 11.3 Å². The van der Waals surface area contributed by atoms with Gasteiger partial charge in [0.1, 0.15) is 0 Å². The van der Waals surface area contributed by atoms with Gasteiger partial charge in [-0.1, -0.05) is 6.07 Å². The molecule has 0 aliphatic carbocycles. The number of aromatic nitrogens is 1. The number of carboxylic acids is 1. The zero-order chi connectivity index (χ0) is 17.8. The predicted octanol–water partition coefficient (Wildman–Crippen LogP) is 4.33. The van der Waals surface area contributed by atoms with E-state index in [1.165, 1.54) is 30.6 Å². The van der Waals surface area contributed by atoms with Crippen molar-refractivity contribution < 1.29 is 19.0 Å². The Morgan fingerprint density at radius 1 is 1.28 bits per heavy atom. The lowest BCUT2D eigenvalue weighted by atomic mass is 10.1. The Morgan fingerprint density at radius 2 is 2.08 bits per heavy atom. The van der Waals surface area contributed by atoms with Crippen LogP contribution in [0.25, 0.3) is 0 Å². The van der Waals surface area contributed by atoms with Gasteiger partial charge < -0.3 is 14.7 Å². The number of thiazole rings is 1. The van der Waals surface area contributed by atoms with Crippen LogP contribution in [-0.2, 0) is 6.54 Å². The Balaban J connectivity index is 2.05. The molecule has 0 spiro atoms. The second-order valence-corrected chi connectivity index (χ2v) is 6.20. The van der Waals surface area contributed by atoms with Crippen LogP contribution in [0.5, 0.6) is 5.75 Å². The maximum Gasteiger partial charge on any atom is 0.335 e. The molecule has 3 aromatic rings. The largest absolute Gasteiger partial charge is 0.494 e. The van der Waals surface area contributed by atoms with Crippen molar-refractivity contribution in [3.05, 3.63) is 70.4 Å². The summed E-state index contributed by atoms with van der Waals surface area (Å²) < 4.78 is 19.1. The molecule has 5 nitrogen and oxygen atoms in total. The van der Waals surface area contributed by atoms with E-state index >= 15 is 0 Å². The number of carbonyl (C=O) groups is 1. The van der Waals surface area contributed by atoms with Crippen LogP contribution in [-0.4, -0.2) is 23.2 Å². The molecule has 1 N–H and O–H groups in total. The van der Waals surface area contributed by atoms with Crippen molar-refractivity contribution in [2.24, 2.45) is 0 Å². The molecule has 0 atom stereocenters. The van der Waals surface area contributed by atoms with E-state index in [0.29, 0.717) is 17.9 Å². The van der Waals surface area contributed by atoms with Gasteiger partial charge in [-0.3, -0.25) is 4.98 Å². The molecule has 0 aliphatic heterocycles. The molecule has 2 aromatic carbocycles. The van der Waals surface area contributed by atoms with Crippen molar-refractivity contribution in [3.8, 4) is 5.75 Å². The molecule has 25 heavy (non-hydrogen) atoms. The van der Waals surface area contributed by atoms with E-state index in [9.17, 15) is 14.3 Å². The molecular formula is C18H15FN2O3S. The lowest BCUT2D eigenvalue weighted by molar-refractivity contribution is 0.0697. The highest BCUT2D eigenvalue weighted by atomic mass is 32.1. The number of nitrogens with zero attached hydrogens (tertiary/aromatic N) is 2. The van der Waals surface area contributed by atoms with Crippen molar-refractivity contribution in [3.63, 3.8) is 0 Å². The van der Waals surface area contributed by atoms with Crippen LogP contribution in [0, 0.1) is 5.82 Å². The fourth-order valence-corrected chi connectivity index (χ4v) is 3.02. The van der Waals surface area contributed by atoms with E-state index in [1.54, 1.807) is 42.0 Å². The summed E-state index contributed by atoms with van der Waals surface area (Å²) in [5.74, 6) is -1.34. The third-order valence-corrected chi connectivity index (χ3v) is 4.41. The topological polar surface area (TPSA) is 62.7 Å². The van der Waals surface area contributed by atoms with E-state index in [0.717, 1.165) is 4.88 Å². The highest BCUT2D eigenvalue weighted by molar-refractivity contribution is 7.09. The van der Waals surface area contributed by atoms with Gasteiger partial charge in [0.05, 0.1) is 24.7 Å². The van der Waals surface area contributed by atoms with Crippen LogP contribution in [0.1, 0.15) is 15.2 Å². The highest BCUT2D eigenvalue weighted by Crippen LogP contribution is 2.32. The van der Waals surface area contributed by atoms with Crippen molar-refractivity contribution in [2.75, 3.05) is 12.0 Å². The number of hydrogen-bond donors (Lipinski definition) is 1. The van der Waals surface area contributed by atoms with Gasteiger partial charge in [0.15, 0.2) is 11.6 Å². The molecule has 0 amide bonds. The summed E-state index contributed by atoms with van der Waals surface area (Å²) in [5.41, 5.74) is 3.13. The highest BCUT2D eigenvalue weighted by Gasteiger charge is 2.15. The summed E-state index contributed by atoms with van der Waals surface area (Å²) in [6.07, 6.45) is 1.73. The maximum atomic E-state index is 14.2. The lowest BCUT2D eigenvalue weighted by Crippen LogP contribution is -2.16. The van der Waals surface area contributed by atoms with Crippen LogP contribution in [0.3, 0.4) is 0 Å². The lowest BCUT2D eigenvalue weighted by Gasteiger charge is -2.25. The molecule has 0 unspecified atom stereocenters. The first-order valence-electron chi connectivity index (χ1n) is 7.40. The molecule has 3 rings (SSSR count). The Bertz CT molecular complexity index is 884. The monoisotopic (exact) mass is 358 g/mol. The fraction of sp³-hybridized carbons (Fsp3) is 0.111. The molecular weight excluding hydrogens is 343 g/mol. The number of ether oxygens (including phenoxy) is 1. The first kappa shape index (κ1) is 16.9. The van der Waals surface area contributed by atoms with Crippen LogP contribution in [0.2, 0.25) is 0 Å². The summed E-state index contributed by atoms with van der Waals surface area (Å²) in [6, 6.07) is 11.2. The smallest absolute Gasteiger partial charge is 0.335 e. The minimum absolute atomic E-state index is 0.153. The number of methoxy groups -OCH3 is 1. The zero-order valence-corrected chi connectivity index (χ0v) is 14.2. The van der Waals surface area contributed by atoms with Gasteiger partial charge in [0.25, 0.3) is 0 Å². The van der Waals surface area contributed by atoms with E-state index in [1.807, 2.05) is 4.90 Å². The summed E-state index contributed by atoms with van der Waals surface area (Å²) >= 11 is 1.48. The second kappa shape index (κ2) is 7.31. The molecule has 0 aliphatic rings. The van der Waals surface area contributed by atoms with E-state index in [2.05, 4.69) is 4.98 Å². The standard InChI is InChI=1S/C18H15FN2O3S/c1-24-17-6-5-14(8-16(17)19)21(10-15-9-20-11-25-15)13-4-2-3-12(7-13)18(22)23/h2-9,11H,10H2,1H3,(H,22,23). The molecule has 0 bridgehead atoms. The van der Waals surface area contributed by atoms with E-state index < -0.39 is 11.8 Å². The van der Waals surface area contributed by atoms with Crippen LogP contribution < -0.4 is 9.64 Å². The SMILES string of the molecule is COc1ccc(N(Cc2cncs2)c2cccc(C(=O)O)c2)cc1F. The van der Waals surface area contributed by atoms with E-state index in [-0.39, 0.29) is 11.3 Å². The predicted molar refractivity (Wildman–Crippen MR) is 94.3 cm³/mol. The summed E-state index contributed by atoms with van der Waals surface area (Å²) in [5, 5.41) is 9.23. The molecule has 0 saturated carbocycles. The number of anilines is 2. The van der Waals surface area contributed by atoms with Gasteiger partial charge in [-0.05, 0) is 30.3 Å². The number of hydrogen-bond acceptors (Lipinski definition) is 5. The second-order valence-electron chi connectivity index (χ2n) is 5.23. The zero-order valence-electron chi connectivity index (χ0n) is 13.3. The Morgan fingerprint density at radius 3 is 2.72 bits per heavy atom. The maximum absolute atomic E-state index is 14.2. The van der Waals surface area contributed by atoms with E-state index in [4.69, 9.17) is 4.74 Å². The average molecular weight is 358 g/mol. The number of halogens is 1. The Kier molecular flexibility index (Phi) is 4.95. The van der Waals surface area contributed by atoms with Gasteiger partial charge in [0, 0.05) is 28.5 Å². The minimum atomic E-state index is -1.01. The third-order valence-electron chi connectivity index (χ3n) is 3.65.